The molecule has 6 nitrogen and oxygen atoms in total. The standard InChI is InChI=1S/C14H21NO5S/c1-10(2)20-14(16)13-11(5-4-6-12(13)15)9-21(17,18)8-7-19-3/h4-6,10H,7-9,15H2,1-3H3. The molecule has 2 N–H and O–H groups in total. The van der Waals surface area contributed by atoms with Crippen molar-refractivity contribution in [3.8, 4) is 0 Å². The van der Waals surface area contributed by atoms with Crippen LogP contribution in [0.5, 0.6) is 0 Å². The summed E-state index contributed by atoms with van der Waals surface area (Å²) in [6, 6.07) is 4.72. The first kappa shape index (κ1) is 17.5. The van der Waals surface area contributed by atoms with Crippen LogP contribution >= 0.6 is 0 Å². The van der Waals surface area contributed by atoms with Gasteiger partial charge in [-0.1, -0.05) is 12.1 Å². The third kappa shape index (κ3) is 5.35. The molecule has 1 aromatic carbocycles. The molecule has 0 spiro atoms. The van der Waals surface area contributed by atoms with Crippen molar-refractivity contribution < 1.29 is 22.7 Å². The molecule has 0 fully saturated rings. The predicted molar refractivity (Wildman–Crippen MR) is 80.8 cm³/mol. The number of nitrogen functional groups attached to an aromatic ring is 1. The van der Waals surface area contributed by atoms with Crippen LogP contribution in [-0.2, 0) is 25.1 Å². The topological polar surface area (TPSA) is 95.7 Å². The number of benzene rings is 1. The van der Waals surface area contributed by atoms with Gasteiger partial charge in [0.15, 0.2) is 9.84 Å². The van der Waals surface area contributed by atoms with Gasteiger partial charge >= 0.3 is 5.97 Å². The number of hydrogen-bond acceptors (Lipinski definition) is 6. The number of esters is 1. The molecule has 0 radical (unpaired) electrons. The van der Waals surface area contributed by atoms with E-state index in [1.165, 1.54) is 7.11 Å². The van der Waals surface area contributed by atoms with Gasteiger partial charge in [0.05, 0.1) is 29.8 Å². The fraction of sp³-hybridized carbons (Fsp3) is 0.500. The van der Waals surface area contributed by atoms with Gasteiger partial charge in [-0.2, -0.15) is 0 Å². The van der Waals surface area contributed by atoms with Crippen LogP contribution in [0.4, 0.5) is 5.69 Å². The minimum Gasteiger partial charge on any atom is -0.459 e. The smallest absolute Gasteiger partial charge is 0.340 e. The number of methoxy groups -OCH3 is 1. The lowest BCUT2D eigenvalue weighted by Crippen LogP contribution is -2.19. The Labute approximate surface area is 125 Å². The third-order valence-electron chi connectivity index (χ3n) is 2.70. The lowest BCUT2D eigenvalue weighted by atomic mass is 10.1. The molecular weight excluding hydrogens is 294 g/mol. The van der Waals surface area contributed by atoms with Crippen molar-refractivity contribution in [3.05, 3.63) is 29.3 Å². The summed E-state index contributed by atoms with van der Waals surface area (Å²) in [7, 11) is -1.95. The minimum atomic E-state index is -3.39. The van der Waals surface area contributed by atoms with Gasteiger partial charge in [0, 0.05) is 12.8 Å². The molecule has 21 heavy (non-hydrogen) atoms. The fourth-order valence-corrected chi connectivity index (χ4v) is 3.06. The van der Waals surface area contributed by atoms with Gasteiger partial charge in [-0.3, -0.25) is 0 Å². The maximum Gasteiger partial charge on any atom is 0.340 e. The first-order valence-electron chi connectivity index (χ1n) is 6.54. The van der Waals surface area contributed by atoms with E-state index in [-0.39, 0.29) is 35.5 Å². The summed E-state index contributed by atoms with van der Waals surface area (Å²) < 4.78 is 33.9. The van der Waals surface area contributed by atoms with Gasteiger partial charge in [0.25, 0.3) is 0 Å². The lowest BCUT2D eigenvalue weighted by Gasteiger charge is -2.14. The quantitative estimate of drug-likeness (QED) is 0.603. The van der Waals surface area contributed by atoms with Gasteiger partial charge in [0.1, 0.15) is 0 Å². The number of carbonyl (C=O) groups is 1. The van der Waals surface area contributed by atoms with E-state index in [9.17, 15) is 13.2 Å². The number of nitrogens with two attached hydrogens (primary N) is 1. The molecule has 118 valence electrons. The molecule has 7 heteroatoms. The predicted octanol–water partition coefficient (Wildman–Crippen LogP) is 1.40. The molecular formula is C14H21NO5S. The van der Waals surface area contributed by atoms with Crippen LogP contribution in [0.3, 0.4) is 0 Å². The molecule has 0 saturated carbocycles. The fourth-order valence-electron chi connectivity index (χ4n) is 1.78. The van der Waals surface area contributed by atoms with Crippen LogP contribution in [0.25, 0.3) is 0 Å². The Kier molecular flexibility index (Phi) is 6.17. The summed E-state index contributed by atoms with van der Waals surface area (Å²) in [6.45, 7) is 3.54. The summed E-state index contributed by atoms with van der Waals surface area (Å²) in [5, 5.41) is 0. The van der Waals surface area contributed by atoms with Crippen LogP contribution in [0.2, 0.25) is 0 Å². The van der Waals surface area contributed by atoms with Crippen LogP contribution in [0, 0.1) is 0 Å². The summed E-state index contributed by atoms with van der Waals surface area (Å²) in [6.07, 6.45) is -0.310. The molecule has 0 unspecified atom stereocenters. The monoisotopic (exact) mass is 315 g/mol. The van der Waals surface area contributed by atoms with Gasteiger partial charge in [-0.05, 0) is 25.5 Å². The maximum atomic E-state index is 12.1. The summed E-state index contributed by atoms with van der Waals surface area (Å²) in [5.74, 6) is -0.999. The molecule has 0 amide bonds. The maximum absolute atomic E-state index is 12.1. The molecule has 0 aliphatic carbocycles. The van der Waals surface area contributed by atoms with Gasteiger partial charge in [0.2, 0.25) is 0 Å². The largest absolute Gasteiger partial charge is 0.459 e. The van der Waals surface area contributed by atoms with Crippen LogP contribution in [0.1, 0.15) is 29.8 Å². The van der Waals surface area contributed by atoms with E-state index in [0.717, 1.165) is 0 Å². The highest BCUT2D eigenvalue weighted by Crippen LogP contribution is 2.21. The van der Waals surface area contributed by atoms with Crippen LogP contribution < -0.4 is 5.73 Å². The Balaban J connectivity index is 3.08. The Bertz CT molecular complexity index is 595. The van der Waals surface area contributed by atoms with Crippen molar-refractivity contribution in [1.29, 1.82) is 0 Å². The number of ether oxygens (including phenoxy) is 2. The Hall–Kier alpha value is -1.60. The third-order valence-corrected chi connectivity index (χ3v) is 4.24. The number of anilines is 1. The molecule has 0 aromatic heterocycles. The highest BCUT2D eigenvalue weighted by Gasteiger charge is 2.21. The zero-order chi connectivity index (χ0) is 16.0. The van der Waals surface area contributed by atoms with Crippen molar-refractivity contribution in [2.24, 2.45) is 0 Å². The number of sulfone groups is 1. The van der Waals surface area contributed by atoms with Crippen molar-refractivity contribution in [2.75, 3.05) is 25.2 Å². The molecule has 0 aliphatic rings. The van der Waals surface area contributed by atoms with E-state index in [2.05, 4.69) is 0 Å². The first-order valence-corrected chi connectivity index (χ1v) is 8.36. The van der Waals surface area contributed by atoms with E-state index < -0.39 is 15.8 Å². The SMILES string of the molecule is COCCS(=O)(=O)Cc1cccc(N)c1C(=O)OC(C)C. The highest BCUT2D eigenvalue weighted by atomic mass is 32.2. The lowest BCUT2D eigenvalue weighted by molar-refractivity contribution is 0.0378. The van der Waals surface area contributed by atoms with E-state index in [1.54, 1.807) is 32.0 Å². The number of rotatable bonds is 7. The molecule has 0 atom stereocenters. The Morgan fingerprint density at radius 1 is 1.33 bits per heavy atom. The van der Waals surface area contributed by atoms with E-state index in [4.69, 9.17) is 15.2 Å². The van der Waals surface area contributed by atoms with Crippen LogP contribution in [-0.4, -0.2) is 40.0 Å². The van der Waals surface area contributed by atoms with Crippen molar-refractivity contribution in [3.63, 3.8) is 0 Å². The van der Waals surface area contributed by atoms with Gasteiger partial charge < -0.3 is 15.2 Å². The minimum absolute atomic E-state index is 0.108. The van der Waals surface area contributed by atoms with E-state index in [1.807, 2.05) is 0 Å². The summed E-state index contributed by atoms with van der Waals surface area (Å²) in [4.78, 5) is 12.1. The van der Waals surface area contributed by atoms with E-state index >= 15 is 0 Å². The van der Waals surface area contributed by atoms with E-state index in [0.29, 0.717) is 5.56 Å². The molecule has 0 saturated heterocycles. The average Bonchev–Trinajstić information content (AvgIpc) is 2.35. The Morgan fingerprint density at radius 2 is 2.00 bits per heavy atom. The second-order valence-electron chi connectivity index (χ2n) is 4.92. The second kappa shape index (κ2) is 7.42. The van der Waals surface area contributed by atoms with Gasteiger partial charge in [-0.25, -0.2) is 13.2 Å². The molecule has 1 rings (SSSR count). The highest BCUT2D eigenvalue weighted by molar-refractivity contribution is 7.90. The molecule has 0 heterocycles. The Morgan fingerprint density at radius 3 is 2.57 bits per heavy atom. The van der Waals surface area contributed by atoms with Crippen molar-refractivity contribution in [2.45, 2.75) is 25.7 Å². The van der Waals surface area contributed by atoms with Gasteiger partial charge in [-0.15, -0.1) is 0 Å². The average molecular weight is 315 g/mol. The normalized spacial score (nSPS) is 11.6. The second-order valence-corrected chi connectivity index (χ2v) is 7.10. The number of carbonyl (C=O) groups excluding carboxylic acids is 1. The molecule has 0 bridgehead atoms. The zero-order valence-corrected chi connectivity index (χ0v) is 13.3. The first-order chi connectivity index (χ1) is 9.76. The summed E-state index contributed by atoms with van der Waals surface area (Å²) in [5.41, 5.74) is 6.47. The van der Waals surface area contributed by atoms with Crippen molar-refractivity contribution in [1.82, 2.24) is 0 Å². The van der Waals surface area contributed by atoms with Crippen LogP contribution in [0.15, 0.2) is 18.2 Å². The molecule has 1 aromatic rings. The zero-order valence-electron chi connectivity index (χ0n) is 12.5. The number of hydrogen-bond donors (Lipinski definition) is 1. The molecule has 0 aliphatic heterocycles. The summed E-state index contributed by atoms with van der Waals surface area (Å²) >= 11 is 0. The van der Waals surface area contributed by atoms with Crippen molar-refractivity contribution >= 4 is 21.5 Å².